The Kier molecular flexibility index (Phi) is 2.07. The molecule has 0 saturated carbocycles. The third-order valence-electron chi connectivity index (χ3n) is 2.50. The summed E-state index contributed by atoms with van der Waals surface area (Å²) in [6.45, 7) is 0. The van der Waals surface area contributed by atoms with Crippen molar-refractivity contribution in [2.45, 2.75) is 25.3 Å². The van der Waals surface area contributed by atoms with E-state index in [4.69, 9.17) is 17.3 Å². The SMILES string of the molecule is N[C@H]1CCCc2c(Cl)cccc21. The summed E-state index contributed by atoms with van der Waals surface area (Å²) in [7, 11) is 0. The molecule has 2 heteroatoms. The molecule has 0 aliphatic heterocycles. The van der Waals surface area contributed by atoms with Gasteiger partial charge in [0.2, 0.25) is 0 Å². The molecule has 0 heterocycles. The van der Waals surface area contributed by atoms with Gasteiger partial charge < -0.3 is 5.73 Å². The molecule has 12 heavy (non-hydrogen) atoms. The second-order valence-corrected chi connectivity index (χ2v) is 3.71. The summed E-state index contributed by atoms with van der Waals surface area (Å²) in [5.41, 5.74) is 8.46. The summed E-state index contributed by atoms with van der Waals surface area (Å²) in [5, 5.41) is 0.877. The molecular weight excluding hydrogens is 170 g/mol. The molecule has 64 valence electrons. The minimum absolute atomic E-state index is 0.201. The van der Waals surface area contributed by atoms with Crippen LogP contribution in [0.4, 0.5) is 0 Å². The quantitative estimate of drug-likeness (QED) is 0.655. The second kappa shape index (κ2) is 3.08. The summed E-state index contributed by atoms with van der Waals surface area (Å²) >= 11 is 6.05. The standard InChI is InChI=1S/C10H12ClN/c11-9-5-1-4-8-7(9)3-2-6-10(8)12/h1,4-5,10H,2-3,6,12H2/t10-/m0/s1. The van der Waals surface area contributed by atoms with Gasteiger partial charge in [-0.25, -0.2) is 0 Å². The van der Waals surface area contributed by atoms with Crippen molar-refractivity contribution in [2.75, 3.05) is 0 Å². The Hall–Kier alpha value is -0.530. The molecule has 2 N–H and O–H groups in total. The number of benzene rings is 1. The predicted molar refractivity (Wildman–Crippen MR) is 51.3 cm³/mol. The predicted octanol–water partition coefficient (Wildman–Crippen LogP) is 2.68. The molecule has 1 aliphatic rings. The van der Waals surface area contributed by atoms with Crippen molar-refractivity contribution in [2.24, 2.45) is 5.73 Å². The molecule has 0 fully saturated rings. The van der Waals surface area contributed by atoms with Gasteiger partial charge in [0.05, 0.1) is 0 Å². The first-order valence-electron chi connectivity index (χ1n) is 4.32. The Bertz CT molecular complexity index is 296. The third kappa shape index (κ3) is 1.23. The smallest absolute Gasteiger partial charge is 0.0441 e. The summed E-state index contributed by atoms with van der Waals surface area (Å²) in [6.07, 6.45) is 3.34. The van der Waals surface area contributed by atoms with Gasteiger partial charge in [-0.3, -0.25) is 0 Å². The Balaban J connectivity index is 2.52. The Morgan fingerprint density at radius 3 is 3.00 bits per heavy atom. The zero-order chi connectivity index (χ0) is 8.55. The lowest BCUT2D eigenvalue weighted by molar-refractivity contribution is 0.570. The zero-order valence-corrected chi connectivity index (χ0v) is 7.64. The van der Waals surface area contributed by atoms with E-state index in [1.165, 1.54) is 11.1 Å². The maximum absolute atomic E-state index is 6.05. The molecule has 0 saturated heterocycles. The molecule has 0 radical (unpaired) electrons. The fraction of sp³-hybridized carbons (Fsp3) is 0.400. The highest BCUT2D eigenvalue weighted by atomic mass is 35.5. The van der Waals surface area contributed by atoms with Crippen LogP contribution in [-0.2, 0) is 6.42 Å². The van der Waals surface area contributed by atoms with E-state index < -0.39 is 0 Å². The number of halogens is 1. The molecule has 1 aromatic rings. The monoisotopic (exact) mass is 181 g/mol. The average molecular weight is 182 g/mol. The summed E-state index contributed by atoms with van der Waals surface area (Å²) in [5.74, 6) is 0. The maximum atomic E-state index is 6.05. The molecule has 2 rings (SSSR count). The van der Waals surface area contributed by atoms with Gasteiger partial charge in [-0.15, -0.1) is 0 Å². The molecule has 1 aliphatic carbocycles. The van der Waals surface area contributed by atoms with Crippen LogP contribution < -0.4 is 5.73 Å². The van der Waals surface area contributed by atoms with Crippen LogP contribution >= 0.6 is 11.6 Å². The lowest BCUT2D eigenvalue weighted by atomic mass is 9.88. The van der Waals surface area contributed by atoms with Crippen LogP contribution in [0.15, 0.2) is 18.2 Å². The number of rotatable bonds is 0. The zero-order valence-electron chi connectivity index (χ0n) is 6.89. The van der Waals surface area contributed by atoms with Crippen LogP contribution in [0, 0.1) is 0 Å². The number of hydrogen-bond donors (Lipinski definition) is 1. The van der Waals surface area contributed by atoms with Crippen LogP contribution in [-0.4, -0.2) is 0 Å². The van der Waals surface area contributed by atoms with Crippen LogP contribution in [0.2, 0.25) is 5.02 Å². The molecule has 0 unspecified atom stereocenters. The first kappa shape index (κ1) is 8.09. The Labute approximate surface area is 77.5 Å². The van der Waals surface area contributed by atoms with Gasteiger partial charge in [0.1, 0.15) is 0 Å². The van der Waals surface area contributed by atoms with Crippen molar-refractivity contribution in [3.8, 4) is 0 Å². The van der Waals surface area contributed by atoms with Crippen molar-refractivity contribution in [1.82, 2.24) is 0 Å². The van der Waals surface area contributed by atoms with Crippen molar-refractivity contribution in [1.29, 1.82) is 0 Å². The highest BCUT2D eigenvalue weighted by Crippen LogP contribution is 2.32. The Morgan fingerprint density at radius 1 is 1.42 bits per heavy atom. The van der Waals surface area contributed by atoms with Gasteiger partial charge in [-0.05, 0) is 36.5 Å². The van der Waals surface area contributed by atoms with E-state index in [1.54, 1.807) is 0 Å². The van der Waals surface area contributed by atoms with Crippen molar-refractivity contribution in [3.63, 3.8) is 0 Å². The first-order chi connectivity index (χ1) is 5.79. The Morgan fingerprint density at radius 2 is 2.25 bits per heavy atom. The summed E-state index contributed by atoms with van der Waals surface area (Å²) in [6, 6.07) is 6.21. The van der Waals surface area contributed by atoms with Crippen molar-refractivity contribution >= 4 is 11.6 Å². The topological polar surface area (TPSA) is 26.0 Å². The molecule has 1 nitrogen and oxygen atoms in total. The summed E-state index contributed by atoms with van der Waals surface area (Å²) < 4.78 is 0. The second-order valence-electron chi connectivity index (χ2n) is 3.31. The van der Waals surface area contributed by atoms with Gasteiger partial charge >= 0.3 is 0 Å². The normalized spacial score (nSPS) is 22.0. The van der Waals surface area contributed by atoms with Crippen LogP contribution in [0.25, 0.3) is 0 Å². The number of hydrogen-bond acceptors (Lipinski definition) is 1. The summed E-state index contributed by atoms with van der Waals surface area (Å²) in [4.78, 5) is 0. The fourth-order valence-corrected chi connectivity index (χ4v) is 2.12. The molecular formula is C10H12ClN. The minimum Gasteiger partial charge on any atom is -0.324 e. The largest absolute Gasteiger partial charge is 0.324 e. The van der Waals surface area contributed by atoms with Gasteiger partial charge in [0, 0.05) is 11.1 Å². The molecule has 1 aromatic carbocycles. The van der Waals surface area contributed by atoms with Gasteiger partial charge in [0.25, 0.3) is 0 Å². The molecule has 0 amide bonds. The van der Waals surface area contributed by atoms with Crippen LogP contribution in [0.3, 0.4) is 0 Å². The molecule has 0 spiro atoms. The van der Waals surface area contributed by atoms with E-state index in [2.05, 4.69) is 6.07 Å². The number of nitrogens with two attached hydrogens (primary N) is 1. The lowest BCUT2D eigenvalue weighted by Crippen LogP contribution is -2.17. The van der Waals surface area contributed by atoms with Crippen LogP contribution in [0.1, 0.15) is 30.0 Å². The van der Waals surface area contributed by atoms with E-state index in [-0.39, 0.29) is 6.04 Å². The highest BCUT2D eigenvalue weighted by molar-refractivity contribution is 6.31. The first-order valence-corrected chi connectivity index (χ1v) is 4.69. The highest BCUT2D eigenvalue weighted by Gasteiger charge is 2.17. The van der Waals surface area contributed by atoms with E-state index in [0.717, 1.165) is 24.3 Å². The molecule has 0 aromatic heterocycles. The lowest BCUT2D eigenvalue weighted by Gasteiger charge is -2.22. The third-order valence-corrected chi connectivity index (χ3v) is 2.85. The minimum atomic E-state index is 0.201. The van der Waals surface area contributed by atoms with Gasteiger partial charge in [-0.2, -0.15) is 0 Å². The maximum Gasteiger partial charge on any atom is 0.0441 e. The van der Waals surface area contributed by atoms with Crippen molar-refractivity contribution < 1.29 is 0 Å². The van der Waals surface area contributed by atoms with Crippen LogP contribution in [0.5, 0.6) is 0 Å². The molecule has 0 bridgehead atoms. The van der Waals surface area contributed by atoms with E-state index in [1.807, 2.05) is 12.1 Å². The van der Waals surface area contributed by atoms with E-state index in [9.17, 15) is 0 Å². The van der Waals surface area contributed by atoms with Gasteiger partial charge in [0.15, 0.2) is 0 Å². The molecule has 1 atom stereocenters. The van der Waals surface area contributed by atoms with Crippen molar-refractivity contribution in [3.05, 3.63) is 34.3 Å². The number of fused-ring (bicyclic) bond motifs is 1. The van der Waals surface area contributed by atoms with Gasteiger partial charge in [-0.1, -0.05) is 23.7 Å². The average Bonchev–Trinajstić information content (AvgIpc) is 2.07. The fourth-order valence-electron chi connectivity index (χ4n) is 1.84. The van der Waals surface area contributed by atoms with E-state index >= 15 is 0 Å². The van der Waals surface area contributed by atoms with E-state index in [0.29, 0.717) is 0 Å².